The number of fused-ring (bicyclic) bond motifs is 2. The van der Waals surface area contributed by atoms with E-state index in [-0.39, 0.29) is 42.0 Å². The van der Waals surface area contributed by atoms with Crippen LogP contribution in [-0.4, -0.2) is 29.2 Å². The van der Waals surface area contributed by atoms with Gasteiger partial charge in [0, 0.05) is 24.6 Å². The summed E-state index contributed by atoms with van der Waals surface area (Å²) in [5.74, 6) is -0.546. The molecule has 146 valence electrons. The van der Waals surface area contributed by atoms with E-state index in [0.717, 1.165) is 35.2 Å². The van der Waals surface area contributed by atoms with E-state index in [2.05, 4.69) is 5.32 Å². The highest BCUT2D eigenvalue weighted by molar-refractivity contribution is 6.04. The van der Waals surface area contributed by atoms with E-state index >= 15 is 0 Å². The largest absolute Gasteiger partial charge is 0.326 e. The maximum Gasteiger partial charge on any atom is 0.235 e. The highest BCUT2D eigenvalue weighted by atomic mass is 16.2. The first-order valence-corrected chi connectivity index (χ1v) is 9.72. The Balaban J connectivity index is 1.70. The van der Waals surface area contributed by atoms with Crippen LogP contribution >= 0.6 is 0 Å². The molecule has 2 bridgehead atoms. The number of hydrogen-bond acceptors (Lipinski definition) is 3. The van der Waals surface area contributed by atoms with Gasteiger partial charge in [-0.15, -0.1) is 0 Å². The van der Waals surface area contributed by atoms with Gasteiger partial charge in [-0.25, -0.2) is 0 Å². The number of carbonyl (C=O) groups excluding carboxylic acids is 3. The third-order valence-corrected chi connectivity index (χ3v) is 7.01. The molecule has 1 aliphatic heterocycles. The summed E-state index contributed by atoms with van der Waals surface area (Å²) >= 11 is 0. The number of likely N-dealkylation sites (tertiary alicyclic amines) is 1. The summed E-state index contributed by atoms with van der Waals surface area (Å²) in [6.07, 6.45) is 1.60. The van der Waals surface area contributed by atoms with Crippen molar-refractivity contribution in [2.45, 2.75) is 60.8 Å². The predicted molar refractivity (Wildman–Crippen MR) is 105 cm³/mol. The molecular weight excluding hydrogens is 340 g/mol. The number of carbonyl (C=O) groups is 3. The smallest absolute Gasteiger partial charge is 0.235 e. The fourth-order valence-electron chi connectivity index (χ4n) is 4.91. The molecule has 1 saturated carbocycles. The quantitative estimate of drug-likeness (QED) is 0.821. The van der Waals surface area contributed by atoms with Crippen LogP contribution in [0, 0.1) is 37.5 Å². The molecule has 0 spiro atoms. The average Bonchev–Trinajstić information content (AvgIpc) is 2.75. The zero-order chi connectivity index (χ0) is 20.1. The lowest BCUT2D eigenvalue weighted by Crippen LogP contribution is -2.59. The molecule has 1 aromatic carbocycles. The van der Waals surface area contributed by atoms with Gasteiger partial charge in [-0.3, -0.25) is 19.3 Å². The first kappa shape index (κ1) is 19.6. The lowest BCUT2D eigenvalue weighted by Gasteiger charge is -2.47. The topological polar surface area (TPSA) is 66.5 Å². The van der Waals surface area contributed by atoms with E-state index in [0.29, 0.717) is 0 Å². The van der Waals surface area contributed by atoms with Gasteiger partial charge >= 0.3 is 0 Å². The molecule has 2 aliphatic rings. The van der Waals surface area contributed by atoms with Crippen molar-refractivity contribution in [2.75, 3.05) is 11.9 Å². The van der Waals surface area contributed by atoms with Crippen LogP contribution in [0.3, 0.4) is 0 Å². The van der Waals surface area contributed by atoms with Gasteiger partial charge in [0.1, 0.15) is 0 Å². The third kappa shape index (κ3) is 2.97. The van der Waals surface area contributed by atoms with E-state index < -0.39 is 5.41 Å². The fraction of sp³-hybridized carbons (Fsp3) is 0.591. The molecule has 27 heavy (non-hydrogen) atoms. The minimum absolute atomic E-state index is 0.115. The summed E-state index contributed by atoms with van der Waals surface area (Å²) in [5, 5.41) is 2.95. The van der Waals surface area contributed by atoms with E-state index in [1.807, 2.05) is 53.7 Å². The highest BCUT2D eigenvalue weighted by Crippen LogP contribution is 2.60. The number of aryl methyl sites for hydroxylation is 3. The number of piperidine rings is 1. The molecule has 1 heterocycles. The Morgan fingerprint density at radius 1 is 1.15 bits per heavy atom. The molecule has 1 N–H and O–H groups in total. The average molecular weight is 370 g/mol. The van der Waals surface area contributed by atoms with Crippen molar-refractivity contribution >= 4 is 23.4 Å². The van der Waals surface area contributed by atoms with Gasteiger partial charge in [-0.1, -0.05) is 38.5 Å². The monoisotopic (exact) mass is 370 g/mol. The second-order valence-electron chi connectivity index (χ2n) is 9.01. The summed E-state index contributed by atoms with van der Waals surface area (Å²) < 4.78 is 0. The van der Waals surface area contributed by atoms with Crippen LogP contribution in [0.25, 0.3) is 0 Å². The Morgan fingerprint density at radius 3 is 2.33 bits per heavy atom. The minimum atomic E-state index is -0.522. The van der Waals surface area contributed by atoms with Crippen LogP contribution in [0.1, 0.15) is 56.7 Å². The van der Waals surface area contributed by atoms with Gasteiger partial charge in [0.05, 0.1) is 5.41 Å². The molecule has 0 aromatic heterocycles. The van der Waals surface area contributed by atoms with E-state index in [4.69, 9.17) is 0 Å². The van der Waals surface area contributed by atoms with Gasteiger partial charge < -0.3 is 5.32 Å². The standard InChI is InChI=1S/C22H30N2O3/c1-13-11-14(2)18(15(3)12-13)23-17(25)8-10-24-19(26)16-7-9-22(6,20(24)27)21(16,4)5/h11-12,16H,7-10H2,1-6H3,(H,23,25). The molecule has 2 atom stereocenters. The van der Waals surface area contributed by atoms with E-state index in [9.17, 15) is 14.4 Å². The van der Waals surface area contributed by atoms with Crippen LogP contribution in [0.4, 0.5) is 5.69 Å². The first-order chi connectivity index (χ1) is 12.5. The summed E-state index contributed by atoms with van der Waals surface area (Å²) in [4.78, 5) is 39.7. The molecule has 2 fully saturated rings. The lowest BCUT2D eigenvalue weighted by molar-refractivity contribution is -0.167. The molecule has 1 aromatic rings. The van der Waals surface area contributed by atoms with Gasteiger partial charge in [0.15, 0.2) is 0 Å². The maximum atomic E-state index is 13.0. The summed E-state index contributed by atoms with van der Waals surface area (Å²) in [6, 6.07) is 4.06. The first-order valence-electron chi connectivity index (χ1n) is 9.72. The number of rotatable bonds is 4. The molecular formula is C22H30N2O3. The van der Waals surface area contributed by atoms with Crippen LogP contribution < -0.4 is 5.32 Å². The Hall–Kier alpha value is -2.17. The maximum absolute atomic E-state index is 13.0. The normalized spacial score (nSPS) is 26.4. The summed E-state index contributed by atoms with van der Waals surface area (Å²) in [7, 11) is 0. The van der Waals surface area contributed by atoms with Gasteiger partial charge in [-0.05, 0) is 50.2 Å². The summed E-state index contributed by atoms with van der Waals surface area (Å²) in [6.45, 7) is 12.1. The predicted octanol–water partition coefficient (Wildman–Crippen LogP) is 3.75. The number of hydrogen-bond donors (Lipinski definition) is 1. The molecule has 3 amide bonds. The van der Waals surface area contributed by atoms with E-state index in [1.165, 1.54) is 4.90 Å². The Kier molecular flexibility index (Phi) is 4.69. The van der Waals surface area contributed by atoms with Crippen molar-refractivity contribution in [3.63, 3.8) is 0 Å². The molecule has 5 nitrogen and oxygen atoms in total. The van der Waals surface area contributed by atoms with Crippen LogP contribution in [-0.2, 0) is 14.4 Å². The van der Waals surface area contributed by atoms with Crippen molar-refractivity contribution < 1.29 is 14.4 Å². The van der Waals surface area contributed by atoms with Crippen molar-refractivity contribution in [2.24, 2.45) is 16.7 Å². The molecule has 3 rings (SSSR count). The van der Waals surface area contributed by atoms with Crippen molar-refractivity contribution in [3.05, 3.63) is 28.8 Å². The Bertz CT molecular complexity index is 804. The van der Waals surface area contributed by atoms with Crippen LogP contribution in [0.5, 0.6) is 0 Å². The van der Waals surface area contributed by atoms with Crippen LogP contribution in [0.15, 0.2) is 12.1 Å². The number of benzene rings is 1. The number of amides is 3. The second-order valence-corrected chi connectivity index (χ2v) is 9.01. The van der Waals surface area contributed by atoms with Gasteiger partial charge in [0.25, 0.3) is 0 Å². The Morgan fingerprint density at radius 2 is 1.74 bits per heavy atom. The zero-order valence-electron chi connectivity index (χ0n) is 17.2. The van der Waals surface area contributed by atoms with Crippen molar-refractivity contribution in [1.82, 2.24) is 4.90 Å². The summed E-state index contributed by atoms with van der Waals surface area (Å²) in [5.41, 5.74) is 3.15. The van der Waals surface area contributed by atoms with Gasteiger partial charge in [-0.2, -0.15) is 0 Å². The zero-order valence-corrected chi connectivity index (χ0v) is 17.2. The highest BCUT2D eigenvalue weighted by Gasteiger charge is 2.64. The van der Waals surface area contributed by atoms with Gasteiger partial charge in [0.2, 0.25) is 17.7 Å². The number of nitrogens with one attached hydrogen (secondary N) is 1. The second kappa shape index (κ2) is 6.47. The number of imide groups is 1. The SMILES string of the molecule is Cc1cc(C)c(NC(=O)CCN2C(=O)C3CCC(C)(C2=O)C3(C)C)c(C)c1. The van der Waals surface area contributed by atoms with Crippen LogP contribution in [0.2, 0.25) is 0 Å². The Labute approximate surface area is 161 Å². The molecule has 5 heteroatoms. The van der Waals surface area contributed by atoms with Crippen molar-refractivity contribution in [1.29, 1.82) is 0 Å². The lowest BCUT2D eigenvalue weighted by atomic mass is 9.62. The van der Waals surface area contributed by atoms with Crippen molar-refractivity contribution in [3.8, 4) is 0 Å². The minimum Gasteiger partial charge on any atom is -0.326 e. The molecule has 2 unspecified atom stereocenters. The fourth-order valence-corrected chi connectivity index (χ4v) is 4.91. The molecule has 0 radical (unpaired) electrons. The van der Waals surface area contributed by atoms with E-state index in [1.54, 1.807) is 0 Å². The number of nitrogens with zero attached hydrogens (tertiary/aromatic N) is 1. The number of anilines is 1. The third-order valence-electron chi connectivity index (χ3n) is 7.01. The molecule has 1 saturated heterocycles. The molecule has 1 aliphatic carbocycles.